The van der Waals surface area contributed by atoms with Crippen LogP contribution in [-0.2, 0) is 6.42 Å². The lowest BCUT2D eigenvalue weighted by Crippen LogP contribution is -1.82. The number of hydrogen-bond donors (Lipinski definition) is 1. The average Bonchev–Trinajstić information content (AvgIpc) is 2.82. The van der Waals surface area contributed by atoms with Gasteiger partial charge in [-0.05, 0) is 23.8 Å². The average molecular weight is 269 g/mol. The van der Waals surface area contributed by atoms with E-state index in [2.05, 4.69) is 34.3 Å². The molecular weight excluding hydrogens is 256 g/mol. The number of halogens is 1. The van der Waals surface area contributed by atoms with Gasteiger partial charge in [0.2, 0.25) is 0 Å². The lowest BCUT2D eigenvalue weighted by molar-refractivity contribution is 1.08. The zero-order valence-corrected chi connectivity index (χ0v) is 11.1. The second kappa shape index (κ2) is 5.29. The van der Waals surface area contributed by atoms with Gasteiger partial charge in [-0.2, -0.15) is 0 Å². The molecule has 19 heavy (non-hydrogen) atoms. The lowest BCUT2D eigenvalue weighted by Gasteiger charge is -1.91. The molecule has 3 rings (SSSR count). The summed E-state index contributed by atoms with van der Waals surface area (Å²) >= 11 is 5.95. The van der Waals surface area contributed by atoms with Crippen molar-refractivity contribution in [1.82, 2.24) is 9.97 Å². The molecule has 3 heteroatoms. The number of hydrogen-bond acceptors (Lipinski definition) is 1. The molecule has 0 unspecified atom stereocenters. The Morgan fingerprint density at radius 3 is 2.79 bits per heavy atom. The molecule has 1 N–H and O–H groups in total. The maximum atomic E-state index is 5.95. The molecular formula is C16H13ClN2. The number of aromatic nitrogens is 2. The Balaban J connectivity index is 1.77. The Kier molecular flexibility index (Phi) is 3.34. The number of benzene rings is 2. The first-order chi connectivity index (χ1) is 9.31. The van der Waals surface area contributed by atoms with E-state index in [-0.39, 0.29) is 0 Å². The molecule has 0 fully saturated rings. The van der Waals surface area contributed by atoms with Gasteiger partial charge in [0.05, 0.1) is 11.0 Å². The number of allylic oxidation sites excluding steroid dienone is 1. The Hall–Kier alpha value is -2.06. The maximum Gasteiger partial charge on any atom is 0.111 e. The van der Waals surface area contributed by atoms with Crippen LogP contribution in [-0.4, -0.2) is 9.97 Å². The number of imidazole rings is 1. The van der Waals surface area contributed by atoms with E-state index in [1.165, 1.54) is 5.56 Å². The molecule has 0 aliphatic rings. The molecule has 94 valence electrons. The van der Waals surface area contributed by atoms with Crippen LogP contribution in [0.2, 0.25) is 5.02 Å². The van der Waals surface area contributed by atoms with Gasteiger partial charge in [0.15, 0.2) is 0 Å². The van der Waals surface area contributed by atoms with E-state index >= 15 is 0 Å². The molecule has 3 aromatic rings. The monoisotopic (exact) mass is 268 g/mol. The largest absolute Gasteiger partial charge is 0.342 e. The fraction of sp³-hybridized carbons (Fsp3) is 0.0625. The van der Waals surface area contributed by atoms with Crippen molar-refractivity contribution < 1.29 is 0 Å². The third-order valence-electron chi connectivity index (χ3n) is 2.91. The zero-order valence-electron chi connectivity index (χ0n) is 10.3. The van der Waals surface area contributed by atoms with Crippen LogP contribution in [0.15, 0.2) is 54.6 Å². The minimum atomic E-state index is 0.725. The molecule has 2 aromatic carbocycles. The van der Waals surface area contributed by atoms with Crippen LogP contribution in [0.4, 0.5) is 0 Å². The topological polar surface area (TPSA) is 28.7 Å². The summed E-state index contributed by atoms with van der Waals surface area (Å²) in [7, 11) is 0. The fourth-order valence-electron chi connectivity index (χ4n) is 2.00. The van der Waals surface area contributed by atoms with Crippen LogP contribution >= 0.6 is 11.6 Å². The molecule has 1 heterocycles. The van der Waals surface area contributed by atoms with Crippen molar-refractivity contribution in [2.75, 3.05) is 0 Å². The van der Waals surface area contributed by atoms with Crippen molar-refractivity contribution in [2.24, 2.45) is 0 Å². The summed E-state index contributed by atoms with van der Waals surface area (Å²) < 4.78 is 0. The first-order valence-corrected chi connectivity index (χ1v) is 6.55. The second-order valence-electron chi connectivity index (χ2n) is 4.36. The second-order valence-corrected chi connectivity index (χ2v) is 4.80. The van der Waals surface area contributed by atoms with Crippen molar-refractivity contribution in [3.05, 3.63) is 71.0 Å². The van der Waals surface area contributed by atoms with Gasteiger partial charge in [0.25, 0.3) is 0 Å². The summed E-state index contributed by atoms with van der Waals surface area (Å²) in [5, 5.41) is 0.725. The first-order valence-electron chi connectivity index (χ1n) is 6.17. The number of aromatic amines is 1. The number of nitrogens with zero attached hydrogens (tertiary/aromatic N) is 1. The van der Waals surface area contributed by atoms with Crippen LogP contribution in [0, 0.1) is 0 Å². The number of fused-ring (bicyclic) bond motifs is 1. The smallest absolute Gasteiger partial charge is 0.111 e. The SMILES string of the molecule is Clc1ccc2nc(C/C=C/c3ccccc3)[nH]c2c1. The van der Waals surface area contributed by atoms with Gasteiger partial charge in [-0.15, -0.1) is 0 Å². The Labute approximate surface area is 116 Å². The quantitative estimate of drug-likeness (QED) is 0.746. The molecule has 0 aliphatic carbocycles. The molecule has 0 aliphatic heterocycles. The zero-order chi connectivity index (χ0) is 13.1. The van der Waals surface area contributed by atoms with E-state index in [4.69, 9.17) is 11.6 Å². The summed E-state index contributed by atoms with van der Waals surface area (Å²) in [5.41, 5.74) is 3.13. The summed E-state index contributed by atoms with van der Waals surface area (Å²) in [6.45, 7) is 0. The van der Waals surface area contributed by atoms with Crippen LogP contribution in [0.25, 0.3) is 17.1 Å². The van der Waals surface area contributed by atoms with Gasteiger partial charge in [0.1, 0.15) is 5.82 Å². The molecule has 2 nitrogen and oxygen atoms in total. The molecule has 0 spiro atoms. The van der Waals surface area contributed by atoms with E-state index in [0.29, 0.717) is 0 Å². The van der Waals surface area contributed by atoms with Crippen molar-refractivity contribution in [2.45, 2.75) is 6.42 Å². The van der Waals surface area contributed by atoms with E-state index < -0.39 is 0 Å². The van der Waals surface area contributed by atoms with Crippen LogP contribution in [0.1, 0.15) is 11.4 Å². The van der Waals surface area contributed by atoms with Gasteiger partial charge >= 0.3 is 0 Å². The summed E-state index contributed by atoms with van der Waals surface area (Å²) in [5.74, 6) is 0.949. The van der Waals surface area contributed by atoms with E-state index in [9.17, 15) is 0 Å². The van der Waals surface area contributed by atoms with Crippen LogP contribution in [0.3, 0.4) is 0 Å². The van der Waals surface area contributed by atoms with Crippen molar-refractivity contribution in [3.8, 4) is 0 Å². The van der Waals surface area contributed by atoms with E-state index in [0.717, 1.165) is 28.3 Å². The molecule has 0 amide bonds. The predicted molar refractivity (Wildman–Crippen MR) is 80.3 cm³/mol. The number of H-pyrrole nitrogens is 1. The van der Waals surface area contributed by atoms with E-state index in [1.807, 2.05) is 36.4 Å². The molecule has 0 saturated carbocycles. The Bertz CT molecular complexity index is 714. The van der Waals surface area contributed by atoms with Crippen LogP contribution in [0.5, 0.6) is 0 Å². The van der Waals surface area contributed by atoms with Gasteiger partial charge in [0, 0.05) is 11.4 Å². The highest BCUT2D eigenvalue weighted by Crippen LogP contribution is 2.17. The van der Waals surface area contributed by atoms with Gasteiger partial charge < -0.3 is 4.98 Å². The molecule has 1 aromatic heterocycles. The minimum Gasteiger partial charge on any atom is -0.342 e. The standard InChI is InChI=1S/C16H13ClN2/c17-13-9-10-14-15(11-13)19-16(18-14)8-4-7-12-5-2-1-3-6-12/h1-7,9-11H,8H2,(H,18,19)/b7-4+. The normalized spacial score (nSPS) is 11.4. The first kappa shape index (κ1) is 12.0. The minimum absolute atomic E-state index is 0.725. The van der Waals surface area contributed by atoms with Gasteiger partial charge in [-0.1, -0.05) is 54.1 Å². The van der Waals surface area contributed by atoms with Crippen molar-refractivity contribution in [1.29, 1.82) is 0 Å². The third kappa shape index (κ3) is 2.85. The molecule has 0 saturated heterocycles. The summed E-state index contributed by atoms with van der Waals surface area (Å²) in [6, 6.07) is 15.9. The predicted octanol–water partition coefficient (Wildman–Crippen LogP) is 4.47. The van der Waals surface area contributed by atoms with Crippen molar-refractivity contribution in [3.63, 3.8) is 0 Å². The summed E-state index contributed by atoms with van der Waals surface area (Å²) in [6.07, 6.45) is 4.98. The van der Waals surface area contributed by atoms with Gasteiger partial charge in [-0.25, -0.2) is 4.98 Å². The highest BCUT2D eigenvalue weighted by atomic mass is 35.5. The number of nitrogens with one attached hydrogen (secondary N) is 1. The lowest BCUT2D eigenvalue weighted by atomic mass is 10.2. The van der Waals surface area contributed by atoms with Crippen molar-refractivity contribution >= 4 is 28.7 Å². The maximum absolute atomic E-state index is 5.95. The number of rotatable bonds is 3. The van der Waals surface area contributed by atoms with Crippen LogP contribution < -0.4 is 0 Å². The summed E-state index contributed by atoms with van der Waals surface area (Å²) in [4.78, 5) is 7.80. The highest BCUT2D eigenvalue weighted by molar-refractivity contribution is 6.31. The van der Waals surface area contributed by atoms with E-state index in [1.54, 1.807) is 0 Å². The fourth-order valence-corrected chi connectivity index (χ4v) is 2.17. The Morgan fingerprint density at radius 1 is 1.11 bits per heavy atom. The Morgan fingerprint density at radius 2 is 1.95 bits per heavy atom. The van der Waals surface area contributed by atoms with Gasteiger partial charge in [-0.3, -0.25) is 0 Å². The highest BCUT2D eigenvalue weighted by Gasteiger charge is 2.01. The molecule has 0 radical (unpaired) electrons. The molecule has 0 atom stereocenters. The molecule has 0 bridgehead atoms. The third-order valence-corrected chi connectivity index (χ3v) is 3.15.